The second-order valence-electron chi connectivity index (χ2n) is 6.22. The minimum Gasteiger partial charge on any atom is -0.508 e. The molecular weight excluding hydrogens is 269 g/mol. The zero-order valence-corrected chi connectivity index (χ0v) is 12.6. The highest BCUT2D eigenvalue weighted by molar-refractivity contribution is 6.62. The smallest absolute Gasteiger partial charge is 0.495 e. The van der Waals surface area contributed by atoms with Crippen molar-refractivity contribution in [3.8, 4) is 11.4 Å². The molecule has 0 radical (unpaired) electrons. The van der Waals surface area contributed by atoms with Crippen molar-refractivity contribution in [1.82, 2.24) is 15.0 Å². The third kappa shape index (κ3) is 2.43. The average Bonchev–Trinajstić information content (AvgIpc) is 2.96. The minimum atomic E-state index is -0.524. The summed E-state index contributed by atoms with van der Waals surface area (Å²) in [6.07, 6.45) is 3.29. The first kappa shape index (κ1) is 14.1. The third-order valence-electron chi connectivity index (χ3n) is 4.14. The molecule has 1 N–H and O–H groups in total. The van der Waals surface area contributed by atoms with E-state index in [0.717, 1.165) is 5.46 Å². The second kappa shape index (κ2) is 4.57. The van der Waals surface area contributed by atoms with Crippen molar-refractivity contribution in [2.24, 2.45) is 0 Å². The van der Waals surface area contributed by atoms with Gasteiger partial charge in [-0.2, -0.15) is 0 Å². The monoisotopic (exact) mass is 287 g/mol. The van der Waals surface area contributed by atoms with E-state index in [2.05, 4.69) is 10.3 Å². The second-order valence-corrected chi connectivity index (χ2v) is 6.22. The SMILES string of the molecule is CC1(C)OB(c2cc(O)cc(-n3ccnn3)c2)OC1(C)C. The van der Waals surface area contributed by atoms with Gasteiger partial charge in [-0.1, -0.05) is 5.21 Å². The molecule has 21 heavy (non-hydrogen) atoms. The molecule has 7 heteroatoms. The van der Waals surface area contributed by atoms with Crippen LogP contribution >= 0.6 is 0 Å². The van der Waals surface area contributed by atoms with Gasteiger partial charge in [0.05, 0.1) is 29.3 Å². The molecule has 1 aromatic heterocycles. The van der Waals surface area contributed by atoms with Gasteiger partial charge in [-0.05, 0) is 45.3 Å². The van der Waals surface area contributed by atoms with Crippen molar-refractivity contribution in [1.29, 1.82) is 0 Å². The average molecular weight is 287 g/mol. The molecule has 110 valence electrons. The maximum atomic E-state index is 9.94. The molecule has 2 aromatic rings. The van der Waals surface area contributed by atoms with Crippen LogP contribution < -0.4 is 5.46 Å². The molecule has 1 saturated heterocycles. The zero-order valence-electron chi connectivity index (χ0n) is 12.6. The highest BCUT2D eigenvalue weighted by atomic mass is 16.7. The first-order valence-electron chi connectivity index (χ1n) is 6.85. The van der Waals surface area contributed by atoms with E-state index in [4.69, 9.17) is 9.31 Å². The van der Waals surface area contributed by atoms with Crippen molar-refractivity contribution >= 4 is 12.6 Å². The molecule has 6 nitrogen and oxygen atoms in total. The van der Waals surface area contributed by atoms with Crippen LogP contribution in [0.25, 0.3) is 5.69 Å². The van der Waals surface area contributed by atoms with Gasteiger partial charge in [-0.3, -0.25) is 0 Å². The number of aromatic hydroxyl groups is 1. The van der Waals surface area contributed by atoms with E-state index in [-0.39, 0.29) is 5.75 Å². The highest BCUT2D eigenvalue weighted by Crippen LogP contribution is 2.36. The van der Waals surface area contributed by atoms with Gasteiger partial charge in [0.15, 0.2) is 0 Å². The van der Waals surface area contributed by atoms with Gasteiger partial charge in [0, 0.05) is 6.07 Å². The van der Waals surface area contributed by atoms with Crippen molar-refractivity contribution in [2.75, 3.05) is 0 Å². The number of hydrogen-bond acceptors (Lipinski definition) is 5. The number of hydrogen-bond donors (Lipinski definition) is 1. The summed E-state index contributed by atoms with van der Waals surface area (Å²) in [5.41, 5.74) is 0.615. The lowest BCUT2D eigenvalue weighted by Crippen LogP contribution is -2.41. The lowest BCUT2D eigenvalue weighted by atomic mass is 9.79. The van der Waals surface area contributed by atoms with Crippen LogP contribution in [0.1, 0.15) is 27.7 Å². The van der Waals surface area contributed by atoms with Gasteiger partial charge in [-0.15, -0.1) is 5.10 Å². The summed E-state index contributed by atoms with van der Waals surface area (Å²) >= 11 is 0. The van der Waals surface area contributed by atoms with Crippen molar-refractivity contribution in [3.63, 3.8) is 0 Å². The van der Waals surface area contributed by atoms with Crippen LogP contribution in [0.2, 0.25) is 0 Å². The minimum absolute atomic E-state index is 0.132. The standard InChI is InChI=1S/C14H18BN3O3/c1-13(2)14(3,4)21-15(20-13)10-7-11(9-12(19)8-10)18-6-5-16-17-18/h5-9,19H,1-4H3. The summed E-state index contributed by atoms with van der Waals surface area (Å²) in [6, 6.07) is 5.13. The van der Waals surface area contributed by atoms with E-state index < -0.39 is 18.3 Å². The molecule has 1 aliphatic rings. The summed E-state index contributed by atoms with van der Waals surface area (Å²) in [6.45, 7) is 7.98. The van der Waals surface area contributed by atoms with Crippen molar-refractivity contribution in [3.05, 3.63) is 30.6 Å². The Morgan fingerprint density at radius 2 is 1.76 bits per heavy atom. The van der Waals surface area contributed by atoms with Gasteiger partial charge < -0.3 is 14.4 Å². The Bertz CT molecular complexity index is 639. The molecule has 1 aliphatic heterocycles. The van der Waals surface area contributed by atoms with Crippen LogP contribution in [-0.4, -0.2) is 38.4 Å². The van der Waals surface area contributed by atoms with E-state index in [1.54, 1.807) is 29.2 Å². The molecule has 2 heterocycles. The number of phenolic OH excluding ortho intramolecular Hbond substituents is 1. The lowest BCUT2D eigenvalue weighted by molar-refractivity contribution is 0.00578. The highest BCUT2D eigenvalue weighted by Gasteiger charge is 2.51. The first-order valence-corrected chi connectivity index (χ1v) is 6.85. The van der Waals surface area contributed by atoms with Crippen LogP contribution in [0.15, 0.2) is 30.6 Å². The van der Waals surface area contributed by atoms with Gasteiger partial charge in [0.1, 0.15) is 5.75 Å². The van der Waals surface area contributed by atoms with E-state index in [1.807, 2.05) is 33.8 Å². The summed E-state index contributed by atoms with van der Waals surface area (Å²) < 4.78 is 13.6. The predicted molar refractivity (Wildman–Crippen MR) is 78.7 cm³/mol. The summed E-state index contributed by atoms with van der Waals surface area (Å²) in [5, 5.41) is 17.6. The summed E-state index contributed by atoms with van der Waals surface area (Å²) in [5.74, 6) is 0.132. The Labute approximate surface area is 123 Å². The van der Waals surface area contributed by atoms with Crippen molar-refractivity contribution < 1.29 is 14.4 Å². The van der Waals surface area contributed by atoms with Gasteiger partial charge in [0.2, 0.25) is 0 Å². The largest absolute Gasteiger partial charge is 0.508 e. The quantitative estimate of drug-likeness (QED) is 0.842. The fraction of sp³-hybridized carbons (Fsp3) is 0.429. The molecule has 0 aliphatic carbocycles. The molecule has 3 rings (SSSR count). The predicted octanol–water partition coefficient (Wildman–Crippen LogP) is 1.27. The Morgan fingerprint density at radius 3 is 2.33 bits per heavy atom. The van der Waals surface area contributed by atoms with E-state index >= 15 is 0 Å². The van der Waals surface area contributed by atoms with Crippen LogP contribution in [0, 0.1) is 0 Å². The maximum Gasteiger partial charge on any atom is 0.495 e. The van der Waals surface area contributed by atoms with Gasteiger partial charge >= 0.3 is 7.12 Å². The molecule has 0 bridgehead atoms. The Morgan fingerprint density at radius 1 is 1.10 bits per heavy atom. The molecule has 0 atom stereocenters. The molecule has 0 saturated carbocycles. The van der Waals surface area contributed by atoms with Crippen LogP contribution in [0.3, 0.4) is 0 Å². The number of aromatic nitrogens is 3. The Kier molecular flexibility index (Phi) is 3.07. The molecule has 0 unspecified atom stereocenters. The van der Waals surface area contributed by atoms with Crippen molar-refractivity contribution in [2.45, 2.75) is 38.9 Å². The summed E-state index contributed by atoms with van der Waals surface area (Å²) in [4.78, 5) is 0. The third-order valence-corrected chi connectivity index (χ3v) is 4.14. The van der Waals surface area contributed by atoms with E-state index in [9.17, 15) is 5.11 Å². The normalized spacial score (nSPS) is 19.9. The number of phenols is 1. The first-order chi connectivity index (χ1) is 9.78. The zero-order chi connectivity index (χ0) is 15.3. The van der Waals surface area contributed by atoms with Gasteiger partial charge in [-0.25, -0.2) is 4.68 Å². The molecule has 0 amide bonds. The van der Waals surface area contributed by atoms with Crippen LogP contribution in [0.4, 0.5) is 0 Å². The van der Waals surface area contributed by atoms with Gasteiger partial charge in [0.25, 0.3) is 0 Å². The lowest BCUT2D eigenvalue weighted by Gasteiger charge is -2.32. The van der Waals surface area contributed by atoms with E-state index in [0.29, 0.717) is 5.69 Å². The molecule has 0 spiro atoms. The maximum absolute atomic E-state index is 9.94. The fourth-order valence-corrected chi connectivity index (χ4v) is 2.21. The number of nitrogens with zero attached hydrogens (tertiary/aromatic N) is 3. The summed E-state index contributed by atoms with van der Waals surface area (Å²) in [7, 11) is -0.524. The van der Waals surface area contributed by atoms with Crippen LogP contribution in [0.5, 0.6) is 5.75 Å². The Balaban J connectivity index is 1.97. The molecule has 1 aromatic carbocycles. The van der Waals surface area contributed by atoms with Crippen LogP contribution in [-0.2, 0) is 9.31 Å². The Hall–Kier alpha value is -1.86. The molecule has 1 fully saturated rings. The number of benzene rings is 1. The number of rotatable bonds is 2. The molecular formula is C14H18BN3O3. The van der Waals surface area contributed by atoms with E-state index in [1.165, 1.54) is 0 Å². The topological polar surface area (TPSA) is 69.4 Å². The fourth-order valence-electron chi connectivity index (χ4n) is 2.21.